The first-order valence-electron chi connectivity index (χ1n) is 6.14. The van der Waals surface area contributed by atoms with Gasteiger partial charge in [0.05, 0.1) is 35.5 Å². The highest BCUT2D eigenvalue weighted by Crippen LogP contribution is 2.22. The maximum Gasteiger partial charge on any atom is 0.335 e. The van der Waals surface area contributed by atoms with Crippen molar-refractivity contribution in [3.05, 3.63) is 28.8 Å². The Morgan fingerprint density at radius 2 is 2.14 bits per heavy atom. The summed E-state index contributed by atoms with van der Waals surface area (Å²) in [7, 11) is 1.47. The van der Waals surface area contributed by atoms with E-state index in [0.29, 0.717) is 0 Å². The normalized spacial score (nSPS) is 12.0. The van der Waals surface area contributed by atoms with Crippen LogP contribution >= 0.6 is 11.6 Å². The smallest absolute Gasteiger partial charge is 0.335 e. The lowest BCUT2D eigenvalue weighted by Gasteiger charge is -2.11. The second-order valence-corrected chi connectivity index (χ2v) is 4.70. The lowest BCUT2D eigenvalue weighted by molar-refractivity contribution is -0.115. The molecule has 0 heterocycles. The van der Waals surface area contributed by atoms with Crippen molar-refractivity contribution >= 4 is 29.2 Å². The van der Waals surface area contributed by atoms with Crippen molar-refractivity contribution in [2.45, 2.75) is 6.10 Å². The molecule has 0 aliphatic rings. The largest absolute Gasteiger partial charge is 0.478 e. The van der Waals surface area contributed by atoms with Crippen LogP contribution in [0.2, 0.25) is 5.02 Å². The highest BCUT2D eigenvalue weighted by molar-refractivity contribution is 6.33. The molecule has 0 aromatic heterocycles. The summed E-state index contributed by atoms with van der Waals surface area (Å²) in [6.07, 6.45) is -0.707. The number of hydrogen-bond donors (Lipinski definition) is 4. The molecule has 0 radical (unpaired) electrons. The fraction of sp³-hybridized carbons (Fsp3) is 0.385. The van der Waals surface area contributed by atoms with Crippen molar-refractivity contribution in [1.82, 2.24) is 5.32 Å². The maximum atomic E-state index is 11.7. The summed E-state index contributed by atoms with van der Waals surface area (Å²) in [4.78, 5) is 22.5. The Labute approximate surface area is 126 Å². The summed E-state index contributed by atoms with van der Waals surface area (Å²) < 4.78 is 4.74. The fourth-order valence-electron chi connectivity index (χ4n) is 1.55. The summed E-state index contributed by atoms with van der Waals surface area (Å²) in [5, 5.41) is 23.8. The molecule has 1 aromatic carbocycles. The number of aromatic carboxylic acids is 1. The van der Waals surface area contributed by atoms with E-state index in [9.17, 15) is 14.7 Å². The van der Waals surface area contributed by atoms with Crippen molar-refractivity contribution in [2.75, 3.05) is 32.1 Å². The molecule has 1 aromatic rings. The third kappa shape index (κ3) is 6.09. The molecule has 0 bridgehead atoms. The molecule has 8 heteroatoms. The number of aliphatic hydroxyl groups is 1. The average molecular weight is 317 g/mol. The number of carboxylic acids is 1. The zero-order chi connectivity index (χ0) is 15.8. The van der Waals surface area contributed by atoms with E-state index in [2.05, 4.69) is 10.6 Å². The number of nitrogens with one attached hydrogen (secondary N) is 2. The van der Waals surface area contributed by atoms with Crippen LogP contribution in [0.3, 0.4) is 0 Å². The van der Waals surface area contributed by atoms with Crippen LogP contribution in [0.4, 0.5) is 5.69 Å². The molecule has 1 unspecified atom stereocenters. The Hall–Kier alpha value is -1.67. The molecule has 0 aliphatic carbocycles. The maximum absolute atomic E-state index is 11.7. The van der Waals surface area contributed by atoms with E-state index in [1.54, 1.807) is 0 Å². The molecule has 0 aliphatic heterocycles. The zero-order valence-corrected chi connectivity index (χ0v) is 12.2. The molecule has 21 heavy (non-hydrogen) atoms. The number of carbonyl (C=O) groups excluding carboxylic acids is 1. The van der Waals surface area contributed by atoms with Gasteiger partial charge in [-0.25, -0.2) is 4.79 Å². The third-order valence-corrected chi connectivity index (χ3v) is 2.84. The number of ether oxygens (including phenoxy) is 1. The quantitative estimate of drug-likeness (QED) is 0.558. The molecule has 1 rings (SSSR count). The van der Waals surface area contributed by atoms with Crippen LogP contribution in [0.5, 0.6) is 0 Å². The lowest BCUT2D eigenvalue weighted by Crippen LogP contribution is -2.35. The molecule has 7 nitrogen and oxygen atoms in total. The predicted molar refractivity (Wildman–Crippen MR) is 77.8 cm³/mol. The van der Waals surface area contributed by atoms with Gasteiger partial charge in [-0.05, 0) is 18.2 Å². The second-order valence-electron chi connectivity index (χ2n) is 4.29. The van der Waals surface area contributed by atoms with Crippen molar-refractivity contribution in [3.8, 4) is 0 Å². The third-order valence-electron chi connectivity index (χ3n) is 2.51. The van der Waals surface area contributed by atoms with Gasteiger partial charge in [-0.15, -0.1) is 0 Å². The van der Waals surface area contributed by atoms with E-state index in [4.69, 9.17) is 21.4 Å². The van der Waals surface area contributed by atoms with Crippen molar-refractivity contribution in [3.63, 3.8) is 0 Å². The Kier molecular flexibility index (Phi) is 7.10. The van der Waals surface area contributed by atoms with Crippen LogP contribution in [-0.4, -0.2) is 55.0 Å². The first kappa shape index (κ1) is 17.4. The van der Waals surface area contributed by atoms with Crippen LogP contribution in [0, 0.1) is 0 Å². The number of amides is 1. The molecule has 1 atom stereocenters. The molecule has 0 fully saturated rings. The van der Waals surface area contributed by atoms with Crippen LogP contribution < -0.4 is 10.6 Å². The van der Waals surface area contributed by atoms with Gasteiger partial charge in [0.2, 0.25) is 5.91 Å². The lowest BCUT2D eigenvalue weighted by atomic mass is 10.2. The van der Waals surface area contributed by atoms with E-state index < -0.39 is 18.0 Å². The van der Waals surface area contributed by atoms with E-state index in [1.807, 2.05) is 0 Å². The minimum absolute atomic E-state index is 0.0261. The molecule has 0 spiro atoms. The first-order chi connectivity index (χ1) is 9.93. The molecule has 4 N–H and O–H groups in total. The van der Waals surface area contributed by atoms with Gasteiger partial charge in [-0.1, -0.05) is 11.6 Å². The number of halogens is 1. The standard InChI is InChI=1S/C13H17ClN2O5/c1-21-7-9(17)5-15-6-12(18)16-11-4-8(13(19)20)2-3-10(11)14/h2-4,9,15,17H,5-7H2,1H3,(H,16,18)(H,19,20). The van der Waals surface area contributed by atoms with E-state index in [-0.39, 0.29) is 36.0 Å². The number of aliphatic hydroxyl groups excluding tert-OH is 1. The minimum Gasteiger partial charge on any atom is -0.478 e. The van der Waals surface area contributed by atoms with Gasteiger partial charge in [-0.2, -0.15) is 0 Å². The molecular weight excluding hydrogens is 300 g/mol. The Morgan fingerprint density at radius 1 is 1.43 bits per heavy atom. The molecule has 1 amide bonds. The van der Waals surface area contributed by atoms with Crippen molar-refractivity contribution < 1.29 is 24.5 Å². The van der Waals surface area contributed by atoms with Crippen LogP contribution in [0.25, 0.3) is 0 Å². The number of rotatable bonds is 8. The predicted octanol–water partition coefficient (Wildman–Crippen LogP) is 0.574. The number of carboxylic acid groups (broad SMARTS) is 1. The monoisotopic (exact) mass is 316 g/mol. The second kappa shape index (κ2) is 8.58. The number of anilines is 1. The summed E-state index contributed by atoms with van der Waals surface area (Å²) in [6.45, 7) is 0.319. The number of benzene rings is 1. The van der Waals surface area contributed by atoms with Gasteiger partial charge < -0.3 is 25.6 Å². The van der Waals surface area contributed by atoms with Gasteiger partial charge in [0.25, 0.3) is 0 Å². The van der Waals surface area contributed by atoms with Gasteiger partial charge >= 0.3 is 5.97 Å². The van der Waals surface area contributed by atoms with Gasteiger partial charge in [0.1, 0.15) is 0 Å². The first-order valence-corrected chi connectivity index (χ1v) is 6.52. The highest BCUT2D eigenvalue weighted by Gasteiger charge is 2.10. The summed E-state index contributed by atoms with van der Waals surface area (Å²) in [5.41, 5.74) is 0.249. The van der Waals surface area contributed by atoms with Crippen molar-refractivity contribution in [1.29, 1.82) is 0 Å². The van der Waals surface area contributed by atoms with Gasteiger partial charge in [0, 0.05) is 13.7 Å². The SMILES string of the molecule is COCC(O)CNCC(=O)Nc1cc(C(=O)O)ccc1Cl. The summed E-state index contributed by atoms with van der Waals surface area (Å²) >= 11 is 5.89. The van der Waals surface area contributed by atoms with Crippen LogP contribution in [-0.2, 0) is 9.53 Å². The van der Waals surface area contributed by atoms with Gasteiger partial charge in [0.15, 0.2) is 0 Å². The van der Waals surface area contributed by atoms with Crippen molar-refractivity contribution in [2.24, 2.45) is 0 Å². The highest BCUT2D eigenvalue weighted by atomic mass is 35.5. The topological polar surface area (TPSA) is 108 Å². The summed E-state index contributed by atoms with van der Waals surface area (Å²) in [5.74, 6) is -1.51. The van der Waals surface area contributed by atoms with Gasteiger partial charge in [-0.3, -0.25) is 4.79 Å². The molecule has 116 valence electrons. The Balaban J connectivity index is 2.51. The minimum atomic E-state index is -1.11. The van der Waals surface area contributed by atoms with Crippen LogP contribution in [0.1, 0.15) is 10.4 Å². The summed E-state index contributed by atoms with van der Waals surface area (Å²) in [6, 6.07) is 4.03. The van der Waals surface area contributed by atoms with E-state index in [1.165, 1.54) is 25.3 Å². The molecular formula is C13H17ClN2O5. The number of hydrogen-bond acceptors (Lipinski definition) is 5. The van der Waals surface area contributed by atoms with Crippen LogP contribution in [0.15, 0.2) is 18.2 Å². The fourth-order valence-corrected chi connectivity index (χ4v) is 1.72. The Morgan fingerprint density at radius 3 is 2.76 bits per heavy atom. The van der Waals surface area contributed by atoms with E-state index in [0.717, 1.165) is 0 Å². The zero-order valence-electron chi connectivity index (χ0n) is 11.4. The van der Waals surface area contributed by atoms with E-state index >= 15 is 0 Å². The number of carbonyl (C=O) groups is 2. The average Bonchev–Trinajstić information content (AvgIpc) is 2.41. The molecule has 0 saturated carbocycles. The molecule has 0 saturated heterocycles. The Bertz CT molecular complexity index is 509. The number of methoxy groups -OCH3 is 1.